The van der Waals surface area contributed by atoms with E-state index in [1.807, 2.05) is 4.98 Å². The van der Waals surface area contributed by atoms with Gasteiger partial charge in [0, 0.05) is 18.2 Å². The zero-order valence-electron chi connectivity index (χ0n) is 11.5. The van der Waals surface area contributed by atoms with Crippen molar-refractivity contribution in [3.8, 4) is 0 Å². The van der Waals surface area contributed by atoms with Crippen molar-refractivity contribution in [2.45, 2.75) is 37.4 Å². The molecule has 0 aliphatic carbocycles. The molecule has 10 heteroatoms. The second-order valence-electron chi connectivity index (χ2n) is 5.02. The van der Waals surface area contributed by atoms with Gasteiger partial charge in [0.05, 0.1) is 6.61 Å². The summed E-state index contributed by atoms with van der Waals surface area (Å²) in [6.45, 7) is -0.540. The molecular weight excluding hydrogens is 298 g/mol. The third-order valence-electron chi connectivity index (χ3n) is 3.47. The van der Waals surface area contributed by atoms with Crippen LogP contribution in [0.3, 0.4) is 0 Å². The van der Waals surface area contributed by atoms with Crippen molar-refractivity contribution in [2.75, 3.05) is 6.61 Å². The van der Waals surface area contributed by atoms with Crippen LogP contribution in [-0.2, 0) is 16.0 Å². The minimum Gasteiger partial charge on any atom is -0.394 e. The summed E-state index contributed by atoms with van der Waals surface area (Å²) < 4.78 is 6.13. The van der Waals surface area contributed by atoms with E-state index in [9.17, 15) is 24.6 Å². The molecule has 1 fully saturated rings. The van der Waals surface area contributed by atoms with Crippen molar-refractivity contribution < 1.29 is 24.9 Å². The van der Waals surface area contributed by atoms with E-state index in [0.717, 1.165) is 10.8 Å². The fourth-order valence-corrected chi connectivity index (χ4v) is 2.26. The molecular formula is C12H17N3O7. The molecule has 10 nitrogen and oxygen atoms in total. The summed E-state index contributed by atoms with van der Waals surface area (Å²) in [6, 6.07) is 0. The number of amides is 1. The maximum atomic E-state index is 11.8. The average Bonchev–Trinajstić information content (AvgIpc) is 2.74. The van der Waals surface area contributed by atoms with Crippen molar-refractivity contribution in [3.05, 3.63) is 32.6 Å². The van der Waals surface area contributed by atoms with Gasteiger partial charge < -0.3 is 25.8 Å². The minimum absolute atomic E-state index is 0.0136. The molecule has 1 saturated heterocycles. The van der Waals surface area contributed by atoms with Crippen LogP contribution >= 0.6 is 0 Å². The molecule has 122 valence electrons. The molecule has 0 bridgehead atoms. The number of primary amides is 1. The first-order chi connectivity index (χ1) is 10.3. The number of nitrogens with zero attached hydrogens (tertiary/aromatic N) is 1. The molecule has 1 aliphatic rings. The van der Waals surface area contributed by atoms with E-state index in [4.69, 9.17) is 15.6 Å². The van der Waals surface area contributed by atoms with Crippen molar-refractivity contribution in [1.29, 1.82) is 0 Å². The van der Waals surface area contributed by atoms with Crippen LogP contribution in [0.4, 0.5) is 0 Å². The highest BCUT2D eigenvalue weighted by atomic mass is 16.6. The van der Waals surface area contributed by atoms with Gasteiger partial charge in [0.1, 0.15) is 18.3 Å². The number of carbonyl (C=O) groups is 1. The van der Waals surface area contributed by atoms with Gasteiger partial charge in [-0.1, -0.05) is 0 Å². The second kappa shape index (κ2) is 6.40. The highest BCUT2D eigenvalue weighted by molar-refractivity contribution is 5.73. The first-order valence-electron chi connectivity index (χ1n) is 6.60. The SMILES string of the molecule is NC(=O)CCc1cn([C@@H]2O[C@H](CO)[C@@H](O)[C@H]2O)c(=O)[nH]c1=O. The Morgan fingerprint density at radius 2 is 2.05 bits per heavy atom. The number of aromatic amines is 1. The summed E-state index contributed by atoms with van der Waals surface area (Å²) >= 11 is 0. The minimum atomic E-state index is -1.45. The summed E-state index contributed by atoms with van der Waals surface area (Å²) in [7, 11) is 0. The first-order valence-corrected chi connectivity index (χ1v) is 6.60. The Morgan fingerprint density at radius 3 is 2.59 bits per heavy atom. The van der Waals surface area contributed by atoms with Crippen LogP contribution in [0, 0.1) is 0 Å². The smallest absolute Gasteiger partial charge is 0.330 e. The molecule has 1 aromatic heterocycles. The number of nitrogens with two attached hydrogens (primary N) is 1. The number of H-pyrrole nitrogens is 1. The van der Waals surface area contributed by atoms with Crippen LogP contribution in [0.2, 0.25) is 0 Å². The fourth-order valence-electron chi connectivity index (χ4n) is 2.26. The van der Waals surface area contributed by atoms with Gasteiger partial charge in [0.2, 0.25) is 5.91 Å². The molecule has 2 rings (SSSR count). The van der Waals surface area contributed by atoms with Gasteiger partial charge in [-0.05, 0) is 6.42 Å². The summed E-state index contributed by atoms with van der Waals surface area (Å²) in [5.41, 5.74) is 3.60. The number of aliphatic hydroxyl groups is 3. The largest absolute Gasteiger partial charge is 0.394 e. The number of nitrogens with one attached hydrogen (secondary N) is 1. The van der Waals surface area contributed by atoms with Gasteiger partial charge in [-0.25, -0.2) is 4.79 Å². The number of ether oxygens (including phenoxy) is 1. The lowest BCUT2D eigenvalue weighted by Gasteiger charge is -2.17. The Hall–Kier alpha value is -2.01. The molecule has 2 heterocycles. The summed E-state index contributed by atoms with van der Waals surface area (Å²) in [5.74, 6) is -0.606. The second-order valence-corrected chi connectivity index (χ2v) is 5.02. The highest BCUT2D eigenvalue weighted by Crippen LogP contribution is 2.27. The van der Waals surface area contributed by atoms with Crippen molar-refractivity contribution >= 4 is 5.91 Å². The number of aliphatic hydroxyl groups excluding tert-OH is 3. The highest BCUT2D eigenvalue weighted by Gasteiger charge is 2.43. The topological polar surface area (TPSA) is 168 Å². The molecule has 0 saturated carbocycles. The number of hydrogen-bond acceptors (Lipinski definition) is 7. The molecule has 0 unspecified atom stereocenters. The van der Waals surface area contributed by atoms with Gasteiger partial charge >= 0.3 is 5.69 Å². The monoisotopic (exact) mass is 315 g/mol. The van der Waals surface area contributed by atoms with Crippen LogP contribution < -0.4 is 17.0 Å². The Balaban J connectivity index is 2.35. The number of rotatable bonds is 5. The quantitative estimate of drug-likeness (QED) is 0.376. The summed E-state index contributed by atoms with van der Waals surface area (Å²) in [4.78, 5) is 36.3. The third kappa shape index (κ3) is 3.09. The van der Waals surface area contributed by atoms with E-state index in [0.29, 0.717) is 0 Å². The summed E-state index contributed by atoms with van der Waals surface area (Å²) in [6.07, 6.45) is -4.06. The Kier molecular flexibility index (Phi) is 4.76. The van der Waals surface area contributed by atoms with Gasteiger partial charge in [-0.15, -0.1) is 0 Å². The fraction of sp³-hybridized carbons (Fsp3) is 0.583. The average molecular weight is 315 g/mol. The normalized spacial score (nSPS) is 28.0. The van der Waals surface area contributed by atoms with Crippen molar-refractivity contribution in [2.24, 2.45) is 5.73 Å². The lowest BCUT2D eigenvalue weighted by molar-refractivity contribution is -0.118. The molecule has 0 spiro atoms. The molecule has 1 aliphatic heterocycles. The van der Waals surface area contributed by atoms with Crippen LogP contribution in [0.25, 0.3) is 0 Å². The van der Waals surface area contributed by atoms with Gasteiger partial charge in [-0.2, -0.15) is 0 Å². The molecule has 1 amide bonds. The van der Waals surface area contributed by atoms with E-state index < -0.39 is 48.3 Å². The van der Waals surface area contributed by atoms with E-state index >= 15 is 0 Å². The van der Waals surface area contributed by atoms with Crippen LogP contribution in [0.15, 0.2) is 15.8 Å². The number of aryl methyl sites for hydroxylation is 1. The lowest BCUT2D eigenvalue weighted by Crippen LogP contribution is -2.39. The molecule has 22 heavy (non-hydrogen) atoms. The van der Waals surface area contributed by atoms with Crippen LogP contribution in [0.5, 0.6) is 0 Å². The summed E-state index contributed by atoms with van der Waals surface area (Å²) in [5, 5.41) is 28.6. The van der Waals surface area contributed by atoms with Crippen molar-refractivity contribution in [1.82, 2.24) is 9.55 Å². The predicted octanol–water partition coefficient (Wildman–Crippen LogP) is -3.43. The lowest BCUT2D eigenvalue weighted by atomic mass is 10.1. The van der Waals surface area contributed by atoms with Gasteiger partial charge in [0.15, 0.2) is 6.23 Å². The van der Waals surface area contributed by atoms with Crippen molar-refractivity contribution in [3.63, 3.8) is 0 Å². The van der Waals surface area contributed by atoms with Crippen LogP contribution in [-0.4, -0.2) is 55.7 Å². The number of carbonyl (C=O) groups excluding carboxylic acids is 1. The van der Waals surface area contributed by atoms with Gasteiger partial charge in [-0.3, -0.25) is 19.1 Å². The molecule has 0 aromatic carbocycles. The first kappa shape index (κ1) is 16.4. The Bertz CT molecular complexity index is 667. The molecule has 6 N–H and O–H groups in total. The standard InChI is InChI=1S/C12H17N3O7/c13-7(17)2-1-5-3-15(12(21)14-10(5)20)11-9(19)8(18)6(4-16)22-11/h3,6,8-9,11,16,18-19H,1-2,4H2,(H2,13,17)(H,14,20,21)/t6-,8-,9-,11-/m1/s1. The Morgan fingerprint density at radius 1 is 1.36 bits per heavy atom. The number of aromatic nitrogens is 2. The molecule has 0 radical (unpaired) electrons. The zero-order chi connectivity index (χ0) is 16.4. The predicted molar refractivity (Wildman–Crippen MR) is 71.8 cm³/mol. The molecule has 4 atom stereocenters. The Labute approximate surface area is 123 Å². The maximum absolute atomic E-state index is 11.8. The van der Waals surface area contributed by atoms with E-state index in [1.165, 1.54) is 0 Å². The zero-order valence-corrected chi connectivity index (χ0v) is 11.5. The maximum Gasteiger partial charge on any atom is 0.330 e. The van der Waals surface area contributed by atoms with Gasteiger partial charge in [0.25, 0.3) is 5.56 Å². The molecule has 1 aromatic rings. The third-order valence-corrected chi connectivity index (χ3v) is 3.47. The van der Waals surface area contributed by atoms with E-state index in [1.54, 1.807) is 0 Å². The van der Waals surface area contributed by atoms with E-state index in [2.05, 4.69) is 0 Å². The number of hydrogen-bond donors (Lipinski definition) is 5. The van der Waals surface area contributed by atoms with Crippen LogP contribution in [0.1, 0.15) is 18.2 Å². The van der Waals surface area contributed by atoms with E-state index in [-0.39, 0.29) is 18.4 Å².